The van der Waals surface area contributed by atoms with Crippen molar-refractivity contribution in [1.29, 1.82) is 0 Å². The maximum atomic E-state index is 12.8. The van der Waals surface area contributed by atoms with Crippen molar-refractivity contribution >= 4 is 34.6 Å². The number of hydrogen-bond donors (Lipinski definition) is 0. The Bertz CT molecular complexity index is 904. The molecule has 0 saturated carbocycles. The molecule has 1 saturated heterocycles. The zero-order valence-electron chi connectivity index (χ0n) is 15.9. The molecular weight excluding hydrogens is 360 g/mol. The molecule has 3 rings (SSSR count). The number of amidine groups is 1. The Balaban J connectivity index is 1.97. The number of ether oxygens (including phenoxy) is 2. The van der Waals surface area contributed by atoms with Crippen LogP contribution in [0.25, 0.3) is 6.08 Å². The number of rotatable bonds is 5. The molecule has 0 N–H and O–H groups in total. The number of benzene rings is 2. The molecule has 6 heteroatoms. The summed E-state index contributed by atoms with van der Waals surface area (Å²) in [5.41, 5.74) is 2.79. The average Bonchev–Trinajstić information content (AvgIpc) is 2.97. The fourth-order valence-corrected chi connectivity index (χ4v) is 3.75. The van der Waals surface area contributed by atoms with Crippen molar-refractivity contribution in [1.82, 2.24) is 4.90 Å². The quantitative estimate of drug-likeness (QED) is 0.707. The lowest BCUT2D eigenvalue weighted by Gasteiger charge is -2.12. The average molecular weight is 382 g/mol. The summed E-state index contributed by atoms with van der Waals surface area (Å²) in [4.78, 5) is 19.8. The molecule has 27 heavy (non-hydrogen) atoms. The van der Waals surface area contributed by atoms with Crippen molar-refractivity contribution in [2.24, 2.45) is 4.99 Å². The van der Waals surface area contributed by atoms with Gasteiger partial charge in [0.2, 0.25) is 0 Å². The van der Waals surface area contributed by atoms with E-state index >= 15 is 0 Å². The zero-order valence-corrected chi connectivity index (χ0v) is 16.7. The lowest BCUT2D eigenvalue weighted by atomic mass is 10.1. The van der Waals surface area contributed by atoms with Crippen LogP contribution in [0.4, 0.5) is 5.69 Å². The van der Waals surface area contributed by atoms with Gasteiger partial charge in [-0.05, 0) is 62.0 Å². The van der Waals surface area contributed by atoms with Gasteiger partial charge in [0.05, 0.1) is 24.8 Å². The molecule has 0 aliphatic carbocycles. The Hall–Kier alpha value is -2.73. The van der Waals surface area contributed by atoms with E-state index in [9.17, 15) is 4.79 Å². The highest BCUT2D eigenvalue weighted by molar-refractivity contribution is 8.18. The number of amides is 1. The first-order valence-corrected chi connectivity index (χ1v) is 9.46. The second-order valence-electron chi connectivity index (χ2n) is 6.00. The summed E-state index contributed by atoms with van der Waals surface area (Å²) in [5.74, 6) is 1.33. The molecule has 1 fully saturated rings. The molecule has 140 valence electrons. The third-order valence-electron chi connectivity index (χ3n) is 4.19. The zero-order chi connectivity index (χ0) is 19.4. The molecule has 5 nitrogen and oxygen atoms in total. The van der Waals surface area contributed by atoms with Crippen LogP contribution in [-0.4, -0.2) is 36.7 Å². The van der Waals surface area contributed by atoms with E-state index in [-0.39, 0.29) is 5.91 Å². The lowest BCUT2D eigenvalue weighted by molar-refractivity contribution is -0.122. The molecule has 0 bridgehead atoms. The summed E-state index contributed by atoms with van der Waals surface area (Å²) in [6.07, 6.45) is 1.83. The second kappa shape index (κ2) is 8.31. The second-order valence-corrected chi connectivity index (χ2v) is 7.01. The maximum absolute atomic E-state index is 12.8. The number of methoxy groups -OCH3 is 2. The number of aliphatic imine (C=N–C) groups is 1. The summed E-state index contributed by atoms with van der Waals surface area (Å²) in [6, 6.07) is 13.4. The Morgan fingerprint density at radius 3 is 2.48 bits per heavy atom. The van der Waals surface area contributed by atoms with Gasteiger partial charge in [0.25, 0.3) is 5.91 Å². The summed E-state index contributed by atoms with van der Waals surface area (Å²) >= 11 is 1.37. The Morgan fingerprint density at radius 2 is 1.85 bits per heavy atom. The van der Waals surface area contributed by atoms with Crippen LogP contribution in [0.5, 0.6) is 11.5 Å². The number of likely N-dealkylation sites (N-methyl/N-ethyl adjacent to an activating group) is 1. The number of thioether (sulfide) groups is 1. The summed E-state index contributed by atoms with van der Waals surface area (Å²) < 4.78 is 10.7. The maximum Gasteiger partial charge on any atom is 0.266 e. The first-order valence-electron chi connectivity index (χ1n) is 8.64. The van der Waals surface area contributed by atoms with Crippen LogP contribution in [-0.2, 0) is 4.79 Å². The van der Waals surface area contributed by atoms with Crippen molar-refractivity contribution in [2.75, 3.05) is 20.8 Å². The minimum atomic E-state index is -0.0572. The van der Waals surface area contributed by atoms with Gasteiger partial charge < -0.3 is 9.47 Å². The van der Waals surface area contributed by atoms with Gasteiger partial charge in [-0.3, -0.25) is 9.69 Å². The predicted molar refractivity (Wildman–Crippen MR) is 111 cm³/mol. The van der Waals surface area contributed by atoms with Crippen LogP contribution >= 0.6 is 11.8 Å². The van der Waals surface area contributed by atoms with Gasteiger partial charge in [0.15, 0.2) is 5.17 Å². The van der Waals surface area contributed by atoms with Gasteiger partial charge >= 0.3 is 0 Å². The molecule has 1 aliphatic rings. The minimum Gasteiger partial charge on any atom is -0.497 e. The third-order valence-corrected chi connectivity index (χ3v) is 5.19. The summed E-state index contributed by atoms with van der Waals surface area (Å²) in [7, 11) is 3.22. The van der Waals surface area contributed by atoms with Crippen molar-refractivity contribution in [2.45, 2.75) is 13.8 Å². The van der Waals surface area contributed by atoms with Crippen molar-refractivity contribution < 1.29 is 14.3 Å². The number of aryl methyl sites for hydroxylation is 1. The molecule has 2 aromatic carbocycles. The number of hydrogen-bond acceptors (Lipinski definition) is 5. The summed E-state index contributed by atoms with van der Waals surface area (Å²) in [5, 5.41) is 0.680. The normalized spacial score (nSPS) is 17.0. The van der Waals surface area contributed by atoms with Gasteiger partial charge in [-0.1, -0.05) is 17.7 Å². The highest BCUT2D eigenvalue weighted by Gasteiger charge is 2.32. The molecule has 0 aromatic heterocycles. The summed E-state index contributed by atoms with van der Waals surface area (Å²) in [6.45, 7) is 4.53. The molecule has 0 radical (unpaired) electrons. The van der Waals surface area contributed by atoms with E-state index in [1.165, 1.54) is 17.3 Å². The highest BCUT2D eigenvalue weighted by Crippen LogP contribution is 2.36. The molecule has 1 aliphatic heterocycles. The van der Waals surface area contributed by atoms with E-state index < -0.39 is 0 Å². The topological polar surface area (TPSA) is 51.1 Å². The molecule has 1 amide bonds. The fourth-order valence-electron chi connectivity index (χ4n) is 2.69. The Kier molecular flexibility index (Phi) is 5.86. The van der Waals surface area contributed by atoms with Crippen LogP contribution in [0.1, 0.15) is 18.1 Å². The molecule has 0 atom stereocenters. The van der Waals surface area contributed by atoms with Crippen LogP contribution < -0.4 is 9.47 Å². The first kappa shape index (κ1) is 19.0. The minimum absolute atomic E-state index is 0.0572. The molecular formula is C21H22N2O3S. The first-order chi connectivity index (χ1) is 13.0. The van der Waals surface area contributed by atoms with Gasteiger partial charge in [-0.25, -0.2) is 4.99 Å². The smallest absolute Gasteiger partial charge is 0.266 e. The van der Waals surface area contributed by atoms with Crippen molar-refractivity contribution in [3.8, 4) is 11.5 Å². The number of carbonyl (C=O) groups excluding carboxylic acids is 1. The van der Waals surface area contributed by atoms with E-state index in [0.717, 1.165) is 11.3 Å². The van der Waals surface area contributed by atoms with E-state index in [2.05, 4.69) is 4.99 Å². The van der Waals surface area contributed by atoms with Gasteiger partial charge in [0.1, 0.15) is 11.5 Å². The predicted octanol–water partition coefficient (Wildman–Crippen LogP) is 4.64. The SMILES string of the molecule is CCN1C(=O)C(=Cc2cc(OC)ccc2OC)SC1=Nc1ccc(C)cc1. The van der Waals surface area contributed by atoms with E-state index in [0.29, 0.717) is 28.1 Å². The van der Waals surface area contributed by atoms with E-state index in [1.54, 1.807) is 19.1 Å². The fraction of sp³-hybridized carbons (Fsp3) is 0.238. The molecule has 0 unspecified atom stereocenters. The van der Waals surface area contributed by atoms with E-state index in [4.69, 9.17) is 9.47 Å². The standard InChI is InChI=1S/C21H22N2O3S/c1-5-23-20(24)19(13-15-12-17(25-3)10-11-18(15)26-4)27-21(23)22-16-8-6-14(2)7-9-16/h6-13H,5H2,1-4H3. The molecule has 1 heterocycles. The third kappa shape index (κ3) is 4.17. The number of carbonyl (C=O) groups is 1. The van der Waals surface area contributed by atoms with Crippen LogP contribution in [0, 0.1) is 6.92 Å². The largest absolute Gasteiger partial charge is 0.497 e. The highest BCUT2D eigenvalue weighted by atomic mass is 32.2. The monoisotopic (exact) mass is 382 g/mol. The Labute approximate surface area is 163 Å². The van der Waals surface area contributed by atoms with Gasteiger partial charge in [0, 0.05) is 12.1 Å². The van der Waals surface area contributed by atoms with Crippen LogP contribution in [0.3, 0.4) is 0 Å². The van der Waals surface area contributed by atoms with Crippen molar-refractivity contribution in [3.05, 3.63) is 58.5 Å². The Morgan fingerprint density at radius 1 is 1.11 bits per heavy atom. The van der Waals surface area contributed by atoms with E-state index in [1.807, 2.05) is 62.4 Å². The van der Waals surface area contributed by atoms with Crippen LogP contribution in [0.2, 0.25) is 0 Å². The van der Waals surface area contributed by atoms with Gasteiger partial charge in [-0.2, -0.15) is 0 Å². The molecule has 0 spiro atoms. The van der Waals surface area contributed by atoms with Crippen LogP contribution in [0.15, 0.2) is 52.4 Å². The number of nitrogens with zero attached hydrogens (tertiary/aromatic N) is 2. The van der Waals surface area contributed by atoms with Crippen molar-refractivity contribution in [3.63, 3.8) is 0 Å². The molecule has 2 aromatic rings. The lowest BCUT2D eigenvalue weighted by Crippen LogP contribution is -2.28. The van der Waals surface area contributed by atoms with Gasteiger partial charge in [-0.15, -0.1) is 0 Å².